The molecular formula is C20H20N6. The SMILES string of the molecule is Cc1c(C)n(Cc2ccccn2)c2ncnc(NCc3ccccn3)c12. The van der Waals surface area contributed by atoms with Gasteiger partial charge in [0.25, 0.3) is 0 Å². The zero-order valence-corrected chi connectivity index (χ0v) is 14.8. The Morgan fingerprint density at radius 1 is 0.885 bits per heavy atom. The molecule has 0 unspecified atom stereocenters. The Balaban J connectivity index is 1.71. The minimum atomic E-state index is 0.622. The molecule has 0 aliphatic rings. The first-order valence-electron chi connectivity index (χ1n) is 8.58. The first-order valence-corrected chi connectivity index (χ1v) is 8.58. The minimum Gasteiger partial charge on any atom is -0.364 e. The fourth-order valence-corrected chi connectivity index (χ4v) is 3.13. The third-order valence-electron chi connectivity index (χ3n) is 4.61. The first-order chi connectivity index (χ1) is 12.7. The Bertz CT molecular complexity index is 1020. The highest BCUT2D eigenvalue weighted by molar-refractivity contribution is 5.91. The molecule has 26 heavy (non-hydrogen) atoms. The van der Waals surface area contributed by atoms with E-state index in [4.69, 9.17) is 0 Å². The number of aromatic nitrogens is 5. The molecule has 0 fully saturated rings. The Morgan fingerprint density at radius 3 is 2.31 bits per heavy atom. The van der Waals surface area contributed by atoms with Gasteiger partial charge in [-0.25, -0.2) is 9.97 Å². The van der Waals surface area contributed by atoms with Crippen molar-refractivity contribution in [3.63, 3.8) is 0 Å². The quantitative estimate of drug-likeness (QED) is 0.600. The molecule has 0 spiro atoms. The van der Waals surface area contributed by atoms with E-state index in [1.165, 1.54) is 11.3 Å². The van der Waals surface area contributed by atoms with Crippen LogP contribution in [0.25, 0.3) is 11.0 Å². The maximum atomic E-state index is 4.54. The third-order valence-corrected chi connectivity index (χ3v) is 4.61. The summed E-state index contributed by atoms with van der Waals surface area (Å²) in [4.78, 5) is 17.8. The van der Waals surface area contributed by atoms with Crippen molar-refractivity contribution in [2.45, 2.75) is 26.9 Å². The monoisotopic (exact) mass is 344 g/mol. The van der Waals surface area contributed by atoms with E-state index in [1.807, 2.05) is 42.6 Å². The predicted molar refractivity (Wildman–Crippen MR) is 102 cm³/mol. The van der Waals surface area contributed by atoms with Crippen LogP contribution in [-0.4, -0.2) is 24.5 Å². The summed E-state index contributed by atoms with van der Waals surface area (Å²) in [5.74, 6) is 0.834. The maximum absolute atomic E-state index is 4.54. The van der Waals surface area contributed by atoms with E-state index in [-0.39, 0.29) is 0 Å². The molecule has 4 rings (SSSR count). The molecule has 0 aliphatic carbocycles. The smallest absolute Gasteiger partial charge is 0.146 e. The number of pyridine rings is 2. The van der Waals surface area contributed by atoms with E-state index >= 15 is 0 Å². The molecule has 6 heteroatoms. The largest absolute Gasteiger partial charge is 0.364 e. The molecule has 130 valence electrons. The van der Waals surface area contributed by atoms with Gasteiger partial charge in [0.2, 0.25) is 0 Å². The van der Waals surface area contributed by atoms with Crippen LogP contribution in [0.2, 0.25) is 0 Å². The second kappa shape index (κ2) is 6.92. The van der Waals surface area contributed by atoms with Crippen LogP contribution in [0, 0.1) is 13.8 Å². The summed E-state index contributed by atoms with van der Waals surface area (Å²) in [6.45, 7) is 5.54. The molecule has 1 N–H and O–H groups in total. The van der Waals surface area contributed by atoms with Crippen LogP contribution in [0.5, 0.6) is 0 Å². The Morgan fingerprint density at radius 2 is 1.62 bits per heavy atom. The molecule has 4 aromatic heterocycles. The van der Waals surface area contributed by atoms with Gasteiger partial charge in [0.1, 0.15) is 17.8 Å². The number of nitrogens with zero attached hydrogens (tertiary/aromatic N) is 5. The first kappa shape index (κ1) is 16.2. The lowest BCUT2D eigenvalue weighted by atomic mass is 10.2. The number of nitrogens with one attached hydrogen (secondary N) is 1. The van der Waals surface area contributed by atoms with E-state index < -0.39 is 0 Å². The summed E-state index contributed by atoms with van der Waals surface area (Å²) in [5.41, 5.74) is 5.26. The molecule has 4 heterocycles. The van der Waals surface area contributed by atoms with Crippen LogP contribution < -0.4 is 5.32 Å². The Kier molecular flexibility index (Phi) is 4.31. The van der Waals surface area contributed by atoms with Crippen molar-refractivity contribution in [1.82, 2.24) is 24.5 Å². The molecular weight excluding hydrogens is 324 g/mol. The molecule has 0 aliphatic heterocycles. The van der Waals surface area contributed by atoms with Crippen molar-refractivity contribution in [2.24, 2.45) is 0 Å². The van der Waals surface area contributed by atoms with Gasteiger partial charge in [-0.15, -0.1) is 0 Å². The minimum absolute atomic E-state index is 0.622. The molecule has 0 amide bonds. The highest BCUT2D eigenvalue weighted by atomic mass is 15.1. The second-order valence-electron chi connectivity index (χ2n) is 6.21. The van der Waals surface area contributed by atoms with Crippen molar-refractivity contribution in [3.8, 4) is 0 Å². The van der Waals surface area contributed by atoms with Crippen LogP contribution >= 0.6 is 0 Å². The lowest BCUT2D eigenvalue weighted by molar-refractivity contribution is 0.767. The maximum Gasteiger partial charge on any atom is 0.146 e. The van der Waals surface area contributed by atoms with Gasteiger partial charge in [-0.05, 0) is 43.7 Å². The topological polar surface area (TPSA) is 68.5 Å². The summed E-state index contributed by atoms with van der Waals surface area (Å²) in [5, 5.41) is 4.46. The second-order valence-corrected chi connectivity index (χ2v) is 6.21. The van der Waals surface area contributed by atoms with Crippen molar-refractivity contribution >= 4 is 16.9 Å². The predicted octanol–water partition coefficient (Wildman–Crippen LogP) is 3.50. The number of fused-ring (bicyclic) bond motifs is 1. The van der Waals surface area contributed by atoms with E-state index in [0.717, 1.165) is 28.2 Å². The number of anilines is 1. The van der Waals surface area contributed by atoms with E-state index in [1.54, 1.807) is 12.5 Å². The summed E-state index contributed by atoms with van der Waals surface area (Å²) in [6.07, 6.45) is 5.22. The summed E-state index contributed by atoms with van der Waals surface area (Å²) in [6, 6.07) is 11.9. The van der Waals surface area contributed by atoms with Crippen LogP contribution in [0.15, 0.2) is 55.1 Å². The summed E-state index contributed by atoms with van der Waals surface area (Å²) < 4.78 is 2.20. The molecule has 0 bridgehead atoms. The summed E-state index contributed by atoms with van der Waals surface area (Å²) in [7, 11) is 0. The molecule has 0 saturated heterocycles. The normalized spacial score (nSPS) is 11.0. The third kappa shape index (κ3) is 3.01. The van der Waals surface area contributed by atoms with Crippen molar-refractivity contribution in [1.29, 1.82) is 0 Å². The molecule has 0 aromatic carbocycles. The zero-order chi connectivity index (χ0) is 17.9. The van der Waals surface area contributed by atoms with Gasteiger partial charge in [-0.1, -0.05) is 12.1 Å². The van der Waals surface area contributed by atoms with Gasteiger partial charge in [-0.2, -0.15) is 0 Å². The molecule has 4 aromatic rings. The average molecular weight is 344 g/mol. The Hall–Kier alpha value is -3.28. The van der Waals surface area contributed by atoms with Gasteiger partial charge in [0.15, 0.2) is 0 Å². The standard InChI is InChI=1S/C20H20N6/c1-14-15(2)26(12-17-8-4-6-10-22-17)20-18(14)19(24-13-25-20)23-11-16-7-3-5-9-21-16/h3-10,13H,11-12H2,1-2H3,(H,23,24,25). The number of rotatable bonds is 5. The fourth-order valence-electron chi connectivity index (χ4n) is 3.13. The Labute approximate surface area is 152 Å². The van der Waals surface area contributed by atoms with Gasteiger partial charge >= 0.3 is 0 Å². The van der Waals surface area contributed by atoms with Crippen LogP contribution in [0.3, 0.4) is 0 Å². The highest BCUT2D eigenvalue weighted by Crippen LogP contribution is 2.29. The van der Waals surface area contributed by atoms with E-state index in [9.17, 15) is 0 Å². The van der Waals surface area contributed by atoms with Crippen molar-refractivity contribution < 1.29 is 0 Å². The lowest BCUT2D eigenvalue weighted by Crippen LogP contribution is -2.06. The average Bonchev–Trinajstić information content (AvgIpc) is 2.93. The fraction of sp³-hybridized carbons (Fsp3) is 0.200. The number of hydrogen-bond donors (Lipinski definition) is 1. The van der Waals surface area contributed by atoms with Crippen molar-refractivity contribution in [2.75, 3.05) is 5.32 Å². The van der Waals surface area contributed by atoms with Gasteiger partial charge in [0.05, 0.1) is 29.9 Å². The number of hydrogen-bond acceptors (Lipinski definition) is 5. The van der Waals surface area contributed by atoms with Gasteiger partial charge in [0, 0.05) is 18.1 Å². The van der Waals surface area contributed by atoms with E-state index in [2.05, 4.69) is 43.7 Å². The van der Waals surface area contributed by atoms with Gasteiger partial charge in [-0.3, -0.25) is 9.97 Å². The van der Waals surface area contributed by atoms with Crippen molar-refractivity contribution in [3.05, 3.63) is 77.8 Å². The lowest BCUT2D eigenvalue weighted by Gasteiger charge is -2.08. The molecule has 0 atom stereocenters. The van der Waals surface area contributed by atoms with Gasteiger partial charge < -0.3 is 9.88 Å². The molecule has 0 saturated carbocycles. The number of aryl methyl sites for hydroxylation is 1. The molecule has 6 nitrogen and oxygen atoms in total. The van der Waals surface area contributed by atoms with Crippen LogP contribution in [0.1, 0.15) is 22.6 Å². The molecule has 0 radical (unpaired) electrons. The zero-order valence-electron chi connectivity index (χ0n) is 14.8. The van der Waals surface area contributed by atoms with Crippen LogP contribution in [0.4, 0.5) is 5.82 Å². The van der Waals surface area contributed by atoms with Crippen LogP contribution in [-0.2, 0) is 13.1 Å². The highest BCUT2D eigenvalue weighted by Gasteiger charge is 2.16. The summed E-state index contributed by atoms with van der Waals surface area (Å²) >= 11 is 0. The van der Waals surface area contributed by atoms with E-state index in [0.29, 0.717) is 13.1 Å².